The lowest BCUT2D eigenvalue weighted by molar-refractivity contribution is 0.134. The fourth-order valence-corrected chi connectivity index (χ4v) is 2.26. The molecule has 0 aliphatic heterocycles. The van der Waals surface area contributed by atoms with Gasteiger partial charge in [0.1, 0.15) is 0 Å². The molecule has 0 aromatic heterocycles. The summed E-state index contributed by atoms with van der Waals surface area (Å²) in [5, 5.41) is 12.6. The zero-order chi connectivity index (χ0) is 10.2. The van der Waals surface area contributed by atoms with E-state index in [4.69, 9.17) is 0 Å². The molecule has 1 saturated carbocycles. The van der Waals surface area contributed by atoms with E-state index >= 15 is 0 Å². The number of hydrogen-bond donors (Lipinski definition) is 2. The van der Waals surface area contributed by atoms with Crippen LogP contribution in [0.25, 0.3) is 0 Å². The Morgan fingerprint density at radius 1 is 1.29 bits per heavy atom. The van der Waals surface area contributed by atoms with Gasteiger partial charge in [0.25, 0.3) is 0 Å². The number of rotatable bonds is 5. The predicted molar refractivity (Wildman–Crippen MR) is 60.2 cm³/mol. The molecule has 2 unspecified atom stereocenters. The molecule has 0 heterocycles. The standard InChI is InChI=1S/C12H23NO/c1-2-3-8-13-9-11-6-4-5-7-12(11)10-14/h2-3,11-14H,4-10H2,1H3/b3-2+. The van der Waals surface area contributed by atoms with Crippen molar-refractivity contribution in [2.24, 2.45) is 11.8 Å². The lowest BCUT2D eigenvalue weighted by Gasteiger charge is -2.30. The largest absolute Gasteiger partial charge is 0.396 e. The molecule has 0 spiro atoms. The van der Waals surface area contributed by atoms with Gasteiger partial charge in [0.15, 0.2) is 0 Å². The number of hydrogen-bond acceptors (Lipinski definition) is 2. The van der Waals surface area contributed by atoms with Gasteiger partial charge in [0, 0.05) is 13.2 Å². The first kappa shape index (κ1) is 11.7. The smallest absolute Gasteiger partial charge is 0.0462 e. The third kappa shape index (κ3) is 3.81. The Morgan fingerprint density at radius 3 is 2.64 bits per heavy atom. The van der Waals surface area contributed by atoms with Crippen LogP contribution in [0.5, 0.6) is 0 Å². The van der Waals surface area contributed by atoms with E-state index in [1.54, 1.807) is 0 Å². The summed E-state index contributed by atoms with van der Waals surface area (Å²) in [7, 11) is 0. The van der Waals surface area contributed by atoms with Crippen molar-refractivity contribution in [1.29, 1.82) is 0 Å². The van der Waals surface area contributed by atoms with E-state index in [1.165, 1.54) is 25.7 Å². The molecule has 0 aromatic rings. The highest BCUT2D eigenvalue weighted by molar-refractivity contribution is 4.82. The Labute approximate surface area is 87.4 Å². The molecule has 2 atom stereocenters. The lowest BCUT2D eigenvalue weighted by Crippen LogP contribution is -2.32. The van der Waals surface area contributed by atoms with Gasteiger partial charge in [-0.2, -0.15) is 0 Å². The normalized spacial score (nSPS) is 28.4. The zero-order valence-corrected chi connectivity index (χ0v) is 9.21. The molecule has 1 fully saturated rings. The Bertz CT molecular complexity index is 168. The summed E-state index contributed by atoms with van der Waals surface area (Å²) in [6, 6.07) is 0. The van der Waals surface area contributed by atoms with Gasteiger partial charge in [-0.3, -0.25) is 0 Å². The highest BCUT2D eigenvalue weighted by Crippen LogP contribution is 2.28. The molecule has 2 nitrogen and oxygen atoms in total. The molecule has 14 heavy (non-hydrogen) atoms. The van der Waals surface area contributed by atoms with Crippen LogP contribution in [0.4, 0.5) is 0 Å². The average Bonchev–Trinajstić information content (AvgIpc) is 2.25. The van der Waals surface area contributed by atoms with Crippen LogP contribution >= 0.6 is 0 Å². The van der Waals surface area contributed by atoms with E-state index in [-0.39, 0.29) is 0 Å². The Hall–Kier alpha value is -0.340. The van der Waals surface area contributed by atoms with Crippen LogP contribution < -0.4 is 5.32 Å². The first-order valence-electron chi connectivity index (χ1n) is 5.81. The van der Waals surface area contributed by atoms with Crippen LogP contribution in [0, 0.1) is 11.8 Å². The van der Waals surface area contributed by atoms with E-state index in [9.17, 15) is 5.11 Å². The number of allylic oxidation sites excluding steroid dienone is 1. The highest BCUT2D eigenvalue weighted by Gasteiger charge is 2.23. The van der Waals surface area contributed by atoms with Gasteiger partial charge in [-0.1, -0.05) is 25.0 Å². The number of aliphatic hydroxyl groups is 1. The highest BCUT2D eigenvalue weighted by atomic mass is 16.3. The number of nitrogens with one attached hydrogen (secondary N) is 1. The number of aliphatic hydroxyl groups excluding tert-OH is 1. The molecule has 2 heteroatoms. The van der Waals surface area contributed by atoms with Gasteiger partial charge in [-0.25, -0.2) is 0 Å². The maximum absolute atomic E-state index is 9.22. The minimum Gasteiger partial charge on any atom is -0.396 e. The van der Waals surface area contributed by atoms with Gasteiger partial charge in [0.05, 0.1) is 0 Å². The predicted octanol–water partition coefficient (Wildman–Crippen LogP) is 1.95. The maximum atomic E-state index is 9.22. The van der Waals surface area contributed by atoms with Crippen LogP contribution in [0.3, 0.4) is 0 Å². The topological polar surface area (TPSA) is 32.3 Å². The van der Waals surface area contributed by atoms with E-state index in [1.807, 2.05) is 6.92 Å². The Kier molecular flexibility index (Phi) is 5.88. The van der Waals surface area contributed by atoms with Crippen LogP contribution in [-0.2, 0) is 0 Å². The SMILES string of the molecule is C/C=C/CNCC1CCCCC1CO. The molecule has 1 aliphatic carbocycles. The van der Waals surface area contributed by atoms with E-state index in [0.717, 1.165) is 13.1 Å². The Morgan fingerprint density at radius 2 is 2.00 bits per heavy atom. The van der Waals surface area contributed by atoms with Crippen molar-refractivity contribution in [3.63, 3.8) is 0 Å². The monoisotopic (exact) mass is 197 g/mol. The summed E-state index contributed by atoms with van der Waals surface area (Å²) in [6.07, 6.45) is 9.34. The van der Waals surface area contributed by atoms with Crippen LogP contribution in [0.15, 0.2) is 12.2 Å². The zero-order valence-electron chi connectivity index (χ0n) is 9.21. The molecular formula is C12H23NO. The van der Waals surface area contributed by atoms with E-state index in [0.29, 0.717) is 18.4 Å². The van der Waals surface area contributed by atoms with E-state index in [2.05, 4.69) is 17.5 Å². The summed E-state index contributed by atoms with van der Waals surface area (Å²) < 4.78 is 0. The molecule has 0 radical (unpaired) electrons. The maximum Gasteiger partial charge on any atom is 0.0462 e. The molecule has 0 aromatic carbocycles. The minimum absolute atomic E-state index is 0.371. The van der Waals surface area contributed by atoms with Crippen molar-refractivity contribution in [1.82, 2.24) is 5.32 Å². The van der Waals surface area contributed by atoms with Crippen molar-refractivity contribution in [2.45, 2.75) is 32.6 Å². The third-order valence-electron chi connectivity index (χ3n) is 3.21. The molecule has 0 amide bonds. The minimum atomic E-state index is 0.371. The second-order valence-electron chi connectivity index (χ2n) is 4.21. The Balaban J connectivity index is 2.19. The molecule has 82 valence electrons. The fraction of sp³-hybridized carbons (Fsp3) is 0.833. The van der Waals surface area contributed by atoms with Crippen molar-refractivity contribution >= 4 is 0 Å². The summed E-state index contributed by atoms with van der Waals surface area (Å²) in [4.78, 5) is 0. The lowest BCUT2D eigenvalue weighted by atomic mass is 9.79. The van der Waals surface area contributed by atoms with Crippen LogP contribution in [-0.4, -0.2) is 24.8 Å². The molecule has 1 rings (SSSR count). The fourth-order valence-electron chi connectivity index (χ4n) is 2.26. The first-order valence-corrected chi connectivity index (χ1v) is 5.81. The van der Waals surface area contributed by atoms with E-state index < -0.39 is 0 Å². The van der Waals surface area contributed by atoms with Crippen LogP contribution in [0.1, 0.15) is 32.6 Å². The van der Waals surface area contributed by atoms with Crippen molar-refractivity contribution in [2.75, 3.05) is 19.7 Å². The summed E-state index contributed by atoms with van der Waals surface area (Å²) >= 11 is 0. The van der Waals surface area contributed by atoms with Crippen molar-refractivity contribution in [3.8, 4) is 0 Å². The third-order valence-corrected chi connectivity index (χ3v) is 3.21. The summed E-state index contributed by atoms with van der Waals surface area (Å²) in [5.74, 6) is 1.24. The molecule has 1 aliphatic rings. The van der Waals surface area contributed by atoms with Gasteiger partial charge >= 0.3 is 0 Å². The van der Waals surface area contributed by atoms with Crippen LogP contribution in [0.2, 0.25) is 0 Å². The first-order chi connectivity index (χ1) is 6.88. The van der Waals surface area contributed by atoms with Gasteiger partial charge in [-0.05, 0) is 38.1 Å². The molecule has 2 N–H and O–H groups in total. The van der Waals surface area contributed by atoms with Crippen molar-refractivity contribution < 1.29 is 5.11 Å². The van der Waals surface area contributed by atoms with Gasteiger partial charge in [-0.15, -0.1) is 0 Å². The summed E-state index contributed by atoms with van der Waals surface area (Å²) in [5.41, 5.74) is 0. The van der Waals surface area contributed by atoms with Gasteiger partial charge in [0.2, 0.25) is 0 Å². The quantitative estimate of drug-likeness (QED) is 0.521. The molecular weight excluding hydrogens is 174 g/mol. The second kappa shape index (κ2) is 7.02. The molecule has 0 bridgehead atoms. The second-order valence-corrected chi connectivity index (χ2v) is 4.21. The van der Waals surface area contributed by atoms with Gasteiger partial charge < -0.3 is 10.4 Å². The summed E-state index contributed by atoms with van der Waals surface area (Å²) in [6.45, 7) is 4.44. The average molecular weight is 197 g/mol. The van der Waals surface area contributed by atoms with Crippen molar-refractivity contribution in [3.05, 3.63) is 12.2 Å². The molecule has 0 saturated heterocycles.